The molecule has 2 saturated heterocycles. The van der Waals surface area contributed by atoms with Gasteiger partial charge < -0.3 is 9.53 Å². The summed E-state index contributed by atoms with van der Waals surface area (Å²) < 4.78 is 6.54. The third-order valence-electron chi connectivity index (χ3n) is 9.66. The van der Waals surface area contributed by atoms with E-state index >= 15 is 0 Å². The molecule has 0 radical (unpaired) electrons. The molecule has 2 atom stereocenters. The van der Waals surface area contributed by atoms with Gasteiger partial charge in [0.15, 0.2) is 8.32 Å². The topological polar surface area (TPSA) is 35.9 Å². The number of aliphatic hydroxyl groups is 1. The average Bonchev–Trinajstić information content (AvgIpc) is 3.32. The number of hydrogen-bond acceptors (Lipinski definition) is 4. The molecule has 2 aromatic carbocycles. The summed E-state index contributed by atoms with van der Waals surface area (Å²) in [5.74, 6) is 0. The van der Waals surface area contributed by atoms with Crippen LogP contribution in [0, 0.1) is 0 Å². The minimum Gasteiger partial charge on any atom is -0.415 e. The Kier molecular flexibility index (Phi) is 10.7. The largest absolute Gasteiger partial charge is 0.415 e. The van der Waals surface area contributed by atoms with Gasteiger partial charge in [-0.15, -0.1) is 0 Å². The van der Waals surface area contributed by atoms with Crippen molar-refractivity contribution in [1.82, 2.24) is 9.80 Å². The van der Waals surface area contributed by atoms with E-state index in [1.165, 1.54) is 30.4 Å². The Balaban J connectivity index is 0.000000230. The van der Waals surface area contributed by atoms with Crippen LogP contribution in [-0.4, -0.2) is 59.6 Å². The molecule has 4 rings (SSSR count). The molecule has 0 amide bonds. The van der Waals surface area contributed by atoms with Crippen molar-refractivity contribution in [2.24, 2.45) is 0 Å². The van der Waals surface area contributed by atoms with E-state index in [1.807, 2.05) is 6.07 Å². The second kappa shape index (κ2) is 13.0. The zero-order valence-electron chi connectivity index (χ0n) is 26.3. The van der Waals surface area contributed by atoms with Gasteiger partial charge in [-0.05, 0) is 82.6 Å². The molecule has 0 spiro atoms. The van der Waals surface area contributed by atoms with E-state index in [0.29, 0.717) is 12.1 Å². The van der Waals surface area contributed by atoms with Crippen LogP contribution in [0.25, 0.3) is 0 Å². The summed E-state index contributed by atoms with van der Waals surface area (Å²) in [5, 5.41) is 9.69. The second-order valence-electron chi connectivity index (χ2n) is 14.5. The van der Waals surface area contributed by atoms with Gasteiger partial charge in [-0.1, -0.05) is 81.4 Å². The highest BCUT2D eigenvalue weighted by Crippen LogP contribution is 2.39. The van der Waals surface area contributed by atoms with Gasteiger partial charge in [-0.25, -0.2) is 0 Å². The molecule has 0 bridgehead atoms. The molecule has 2 fully saturated rings. The van der Waals surface area contributed by atoms with Crippen molar-refractivity contribution in [3.05, 3.63) is 71.8 Å². The molecule has 39 heavy (non-hydrogen) atoms. The molecule has 2 aromatic rings. The molecule has 2 aliphatic heterocycles. The molecular formula is C34H56N2O2Si. The van der Waals surface area contributed by atoms with E-state index in [2.05, 4.69) is 126 Å². The Labute approximate surface area is 240 Å². The lowest BCUT2D eigenvalue weighted by molar-refractivity contribution is 0.0817. The zero-order valence-corrected chi connectivity index (χ0v) is 27.3. The lowest BCUT2D eigenvalue weighted by Gasteiger charge is -2.40. The first kappa shape index (κ1) is 32.0. The molecule has 2 heterocycles. The van der Waals surface area contributed by atoms with Gasteiger partial charge in [0.2, 0.25) is 0 Å². The minimum atomic E-state index is -1.67. The summed E-state index contributed by atoms with van der Waals surface area (Å²) >= 11 is 0. The Bertz CT molecular complexity index is 1000. The van der Waals surface area contributed by atoms with Gasteiger partial charge >= 0.3 is 0 Å². The molecule has 0 aromatic heterocycles. The summed E-state index contributed by atoms with van der Waals surface area (Å²) in [6.45, 7) is 24.1. The second-order valence-corrected chi connectivity index (χ2v) is 19.3. The standard InChI is InChI=1S/C20H35NOSi.C14H21NO/c1-19(2,3)23(6,7)22-16-18-13-14-20(4,5)21(18)15-17-11-9-8-10-12-17;1-14(2)9-8-13(11-16)15(14)10-12-6-4-3-5-7-12/h8-12,18H,13-16H2,1-7H3;3-7,13,16H,8-11H2,1-2H3/t18-;13-/m11/s1. The summed E-state index contributed by atoms with van der Waals surface area (Å²) in [7, 11) is -1.67. The van der Waals surface area contributed by atoms with Crippen LogP contribution in [0.3, 0.4) is 0 Å². The molecule has 0 aliphatic carbocycles. The van der Waals surface area contributed by atoms with Gasteiger partial charge in [0.05, 0.1) is 6.61 Å². The maximum absolute atomic E-state index is 9.41. The lowest BCUT2D eigenvalue weighted by atomic mass is 10.0. The van der Waals surface area contributed by atoms with Crippen LogP contribution < -0.4 is 0 Å². The molecule has 1 N–H and O–H groups in total. The number of rotatable bonds is 8. The highest BCUT2D eigenvalue weighted by Gasteiger charge is 2.42. The normalized spacial score (nSPS) is 23.4. The fraction of sp³-hybridized carbons (Fsp3) is 0.647. The number of likely N-dealkylation sites (tertiary alicyclic amines) is 2. The summed E-state index contributed by atoms with van der Waals surface area (Å²) in [6, 6.07) is 22.2. The van der Waals surface area contributed by atoms with Crippen molar-refractivity contribution in [3.63, 3.8) is 0 Å². The first-order valence-electron chi connectivity index (χ1n) is 15.0. The molecule has 0 unspecified atom stereocenters. The highest BCUT2D eigenvalue weighted by atomic mass is 28.4. The SMILES string of the molecule is CC1(C)CC[C@H](CO)N1Cc1ccccc1.CC1(C)CC[C@H](CO[Si](C)(C)C(C)(C)C)N1Cc1ccccc1. The predicted octanol–water partition coefficient (Wildman–Crippen LogP) is 7.87. The molecule has 0 saturated carbocycles. The maximum Gasteiger partial charge on any atom is 0.192 e. The van der Waals surface area contributed by atoms with Gasteiger partial charge in [-0.2, -0.15) is 0 Å². The van der Waals surface area contributed by atoms with Crippen LogP contribution in [0.1, 0.15) is 85.3 Å². The third-order valence-corrected chi connectivity index (χ3v) is 14.2. The van der Waals surface area contributed by atoms with Crippen molar-refractivity contribution in [3.8, 4) is 0 Å². The summed E-state index contributed by atoms with van der Waals surface area (Å²) in [5.41, 5.74) is 3.20. The molecular weight excluding hydrogens is 496 g/mol. The van der Waals surface area contributed by atoms with Gasteiger partial charge in [0.25, 0.3) is 0 Å². The van der Waals surface area contributed by atoms with E-state index in [1.54, 1.807) is 0 Å². The highest BCUT2D eigenvalue weighted by molar-refractivity contribution is 6.74. The van der Waals surface area contributed by atoms with Crippen LogP contribution in [0.2, 0.25) is 18.1 Å². The van der Waals surface area contributed by atoms with E-state index in [-0.39, 0.29) is 22.7 Å². The van der Waals surface area contributed by atoms with Gasteiger partial charge in [-0.3, -0.25) is 9.80 Å². The fourth-order valence-corrected chi connectivity index (χ4v) is 6.80. The summed E-state index contributed by atoms with van der Waals surface area (Å²) in [4.78, 5) is 5.10. The predicted molar refractivity (Wildman–Crippen MR) is 168 cm³/mol. The quantitative estimate of drug-likeness (QED) is 0.338. The lowest BCUT2D eigenvalue weighted by Crippen LogP contribution is -2.48. The molecule has 4 nitrogen and oxygen atoms in total. The van der Waals surface area contributed by atoms with Crippen LogP contribution in [0.4, 0.5) is 0 Å². The maximum atomic E-state index is 9.41. The van der Waals surface area contributed by atoms with Gasteiger partial charge in [0.1, 0.15) is 0 Å². The Morgan fingerprint density at radius 3 is 1.59 bits per heavy atom. The number of aliphatic hydroxyl groups excluding tert-OH is 1. The van der Waals surface area contributed by atoms with Crippen molar-refractivity contribution in [1.29, 1.82) is 0 Å². The minimum absolute atomic E-state index is 0.212. The van der Waals surface area contributed by atoms with Crippen molar-refractivity contribution in [2.75, 3.05) is 13.2 Å². The van der Waals surface area contributed by atoms with Crippen molar-refractivity contribution in [2.45, 2.75) is 129 Å². The van der Waals surface area contributed by atoms with E-state index in [4.69, 9.17) is 4.43 Å². The molecule has 2 aliphatic rings. The van der Waals surface area contributed by atoms with E-state index in [9.17, 15) is 5.11 Å². The van der Waals surface area contributed by atoms with Crippen LogP contribution in [-0.2, 0) is 17.5 Å². The first-order chi connectivity index (χ1) is 18.2. The van der Waals surface area contributed by atoms with Crippen molar-refractivity contribution >= 4 is 8.32 Å². The zero-order chi connectivity index (χ0) is 28.9. The third kappa shape index (κ3) is 8.50. The average molecular weight is 553 g/mol. The number of nitrogens with zero attached hydrogens (tertiary/aromatic N) is 2. The smallest absolute Gasteiger partial charge is 0.192 e. The van der Waals surface area contributed by atoms with Crippen molar-refractivity contribution < 1.29 is 9.53 Å². The van der Waals surface area contributed by atoms with E-state index < -0.39 is 8.32 Å². The fourth-order valence-electron chi connectivity index (χ4n) is 5.76. The van der Waals surface area contributed by atoms with Crippen LogP contribution in [0.15, 0.2) is 60.7 Å². The Hall–Kier alpha value is -1.50. The monoisotopic (exact) mass is 552 g/mol. The van der Waals surface area contributed by atoms with Gasteiger partial charge in [0, 0.05) is 42.9 Å². The van der Waals surface area contributed by atoms with Crippen LogP contribution in [0.5, 0.6) is 0 Å². The first-order valence-corrected chi connectivity index (χ1v) is 17.9. The molecule has 218 valence electrons. The Morgan fingerprint density at radius 2 is 1.18 bits per heavy atom. The number of benzene rings is 2. The van der Waals surface area contributed by atoms with Crippen LogP contribution >= 0.6 is 0 Å². The molecule has 5 heteroatoms. The summed E-state index contributed by atoms with van der Waals surface area (Å²) in [6.07, 6.45) is 4.78. The number of hydrogen-bond donors (Lipinski definition) is 1. The Morgan fingerprint density at radius 1 is 0.769 bits per heavy atom. The van der Waals surface area contributed by atoms with E-state index in [0.717, 1.165) is 26.1 Å².